The van der Waals surface area contributed by atoms with Gasteiger partial charge in [0.15, 0.2) is 0 Å². The van der Waals surface area contributed by atoms with E-state index in [4.69, 9.17) is 4.74 Å². The summed E-state index contributed by atoms with van der Waals surface area (Å²) in [7, 11) is -2.30. The van der Waals surface area contributed by atoms with Crippen molar-refractivity contribution in [3.63, 3.8) is 0 Å². The van der Waals surface area contributed by atoms with Gasteiger partial charge in [-0.15, -0.1) is 0 Å². The van der Waals surface area contributed by atoms with Gasteiger partial charge in [0, 0.05) is 25.2 Å². The minimum absolute atomic E-state index is 0.0836. The van der Waals surface area contributed by atoms with Gasteiger partial charge in [0.2, 0.25) is 15.9 Å². The number of methoxy groups -OCH3 is 1. The summed E-state index contributed by atoms with van der Waals surface area (Å²) < 4.78 is 32.6. The molecular formula is C23H31N3O4S. The van der Waals surface area contributed by atoms with E-state index >= 15 is 0 Å². The van der Waals surface area contributed by atoms with Crippen molar-refractivity contribution in [3.05, 3.63) is 59.7 Å². The average molecular weight is 446 g/mol. The molecule has 2 N–H and O–H groups in total. The fourth-order valence-electron chi connectivity index (χ4n) is 3.69. The van der Waals surface area contributed by atoms with Gasteiger partial charge < -0.3 is 10.1 Å². The molecule has 3 rings (SSSR count). The van der Waals surface area contributed by atoms with Crippen LogP contribution < -0.4 is 14.8 Å². The van der Waals surface area contributed by atoms with Crippen LogP contribution in [0.15, 0.2) is 53.4 Å². The van der Waals surface area contributed by atoms with E-state index in [0.717, 1.165) is 19.5 Å². The first-order valence-corrected chi connectivity index (χ1v) is 11.9. The van der Waals surface area contributed by atoms with Crippen molar-refractivity contribution in [1.29, 1.82) is 0 Å². The first-order chi connectivity index (χ1) is 14.6. The zero-order chi connectivity index (χ0) is 22.6. The Balaban J connectivity index is 1.56. The predicted octanol–water partition coefficient (Wildman–Crippen LogP) is 2.32. The Bertz CT molecular complexity index is 1020. The van der Waals surface area contributed by atoms with Crippen LogP contribution in [0.4, 0.5) is 0 Å². The second-order valence-electron chi connectivity index (χ2n) is 8.49. The molecule has 0 fully saturated rings. The highest BCUT2D eigenvalue weighted by Crippen LogP contribution is 2.25. The first kappa shape index (κ1) is 23.2. The Morgan fingerprint density at radius 1 is 1.13 bits per heavy atom. The largest absolute Gasteiger partial charge is 0.497 e. The lowest BCUT2D eigenvalue weighted by Gasteiger charge is -2.41. The van der Waals surface area contributed by atoms with E-state index in [2.05, 4.69) is 47.0 Å². The third-order valence-corrected chi connectivity index (χ3v) is 7.33. The van der Waals surface area contributed by atoms with E-state index < -0.39 is 16.1 Å². The molecule has 0 bridgehead atoms. The number of carbonyl (C=O) groups excluding carboxylic acids is 1. The molecule has 0 aromatic heterocycles. The molecule has 0 unspecified atom stereocenters. The molecule has 1 aliphatic heterocycles. The maximum atomic E-state index is 12.6. The second-order valence-corrected chi connectivity index (χ2v) is 10.2. The summed E-state index contributed by atoms with van der Waals surface area (Å²) in [5, 5.41) is 2.91. The second kappa shape index (κ2) is 9.38. The molecule has 0 saturated heterocycles. The van der Waals surface area contributed by atoms with E-state index in [1.54, 1.807) is 19.1 Å². The molecular weight excluding hydrogens is 414 g/mol. The maximum absolute atomic E-state index is 12.6. The summed E-state index contributed by atoms with van der Waals surface area (Å²) in [5.74, 6) is 0.204. The number of ether oxygens (including phenoxy) is 1. The molecule has 168 valence electrons. The van der Waals surface area contributed by atoms with E-state index in [9.17, 15) is 13.2 Å². The minimum Gasteiger partial charge on any atom is -0.497 e. The third kappa shape index (κ3) is 5.64. The van der Waals surface area contributed by atoms with Gasteiger partial charge in [0.05, 0.1) is 18.0 Å². The molecule has 1 aliphatic rings. The van der Waals surface area contributed by atoms with Crippen molar-refractivity contribution in [3.8, 4) is 5.75 Å². The average Bonchev–Trinajstić information content (AvgIpc) is 2.76. The number of fused-ring (bicyclic) bond motifs is 1. The van der Waals surface area contributed by atoms with Crippen molar-refractivity contribution in [1.82, 2.24) is 14.9 Å². The molecule has 31 heavy (non-hydrogen) atoms. The highest BCUT2D eigenvalue weighted by molar-refractivity contribution is 7.89. The summed E-state index contributed by atoms with van der Waals surface area (Å²) in [6.45, 7) is 7.89. The van der Waals surface area contributed by atoms with Crippen molar-refractivity contribution >= 4 is 15.9 Å². The third-order valence-electron chi connectivity index (χ3n) is 5.78. The maximum Gasteiger partial charge on any atom is 0.241 e. The first-order valence-electron chi connectivity index (χ1n) is 10.4. The van der Waals surface area contributed by atoms with Gasteiger partial charge in [-0.1, -0.05) is 24.3 Å². The van der Waals surface area contributed by atoms with E-state index in [-0.39, 0.29) is 16.3 Å². The SMILES string of the molecule is COc1ccc(S(=O)(=O)N[C@@H](C)C(=O)NCC(C)(C)N2CCc3ccccc3C2)cc1. The molecule has 2 aromatic carbocycles. The van der Waals surface area contributed by atoms with E-state index in [1.165, 1.54) is 30.4 Å². The topological polar surface area (TPSA) is 87.7 Å². The van der Waals surface area contributed by atoms with Crippen LogP contribution in [0, 0.1) is 0 Å². The highest BCUT2D eigenvalue weighted by Gasteiger charge is 2.31. The molecule has 1 atom stereocenters. The Labute approximate surface area is 184 Å². The molecule has 0 aliphatic carbocycles. The van der Waals surface area contributed by atoms with Crippen LogP contribution in [0.1, 0.15) is 31.9 Å². The minimum atomic E-state index is -3.81. The van der Waals surface area contributed by atoms with Gasteiger partial charge >= 0.3 is 0 Å². The number of sulfonamides is 1. The van der Waals surface area contributed by atoms with Crippen LogP contribution in [0.5, 0.6) is 5.75 Å². The smallest absolute Gasteiger partial charge is 0.241 e. The zero-order valence-corrected chi connectivity index (χ0v) is 19.3. The number of carbonyl (C=O) groups is 1. The lowest BCUT2D eigenvalue weighted by atomic mass is 9.94. The fourth-order valence-corrected chi connectivity index (χ4v) is 4.89. The van der Waals surface area contributed by atoms with E-state index in [1.807, 2.05) is 6.07 Å². The monoisotopic (exact) mass is 445 g/mol. The molecule has 0 radical (unpaired) electrons. The number of hydrogen-bond acceptors (Lipinski definition) is 5. The molecule has 7 nitrogen and oxygen atoms in total. The molecule has 1 amide bonds. The van der Waals surface area contributed by atoms with Crippen LogP contribution in [-0.2, 0) is 27.8 Å². The quantitative estimate of drug-likeness (QED) is 0.651. The van der Waals surface area contributed by atoms with Gasteiger partial charge in [-0.05, 0) is 62.6 Å². The zero-order valence-electron chi connectivity index (χ0n) is 18.5. The van der Waals surface area contributed by atoms with Gasteiger partial charge in [0.1, 0.15) is 5.75 Å². The Morgan fingerprint density at radius 3 is 2.42 bits per heavy atom. The predicted molar refractivity (Wildman–Crippen MR) is 120 cm³/mol. The number of nitrogens with one attached hydrogen (secondary N) is 2. The molecule has 0 spiro atoms. The summed E-state index contributed by atoms with van der Waals surface area (Å²) in [6, 6.07) is 13.6. The van der Waals surface area contributed by atoms with Crippen LogP contribution >= 0.6 is 0 Å². The van der Waals surface area contributed by atoms with Gasteiger partial charge in [-0.25, -0.2) is 8.42 Å². The number of amides is 1. The van der Waals surface area contributed by atoms with Crippen LogP contribution in [0.3, 0.4) is 0 Å². The van der Waals surface area contributed by atoms with Gasteiger partial charge in [-0.2, -0.15) is 4.72 Å². The van der Waals surface area contributed by atoms with Crippen molar-refractivity contribution in [2.45, 2.75) is 50.2 Å². The summed E-state index contributed by atoms with van der Waals surface area (Å²) >= 11 is 0. The van der Waals surface area contributed by atoms with E-state index in [0.29, 0.717) is 12.3 Å². The van der Waals surface area contributed by atoms with Crippen LogP contribution in [-0.4, -0.2) is 51.0 Å². The lowest BCUT2D eigenvalue weighted by Crippen LogP contribution is -2.55. The Hall–Kier alpha value is -2.42. The molecule has 0 saturated carbocycles. The van der Waals surface area contributed by atoms with Crippen molar-refractivity contribution < 1.29 is 17.9 Å². The molecule has 1 heterocycles. The lowest BCUT2D eigenvalue weighted by molar-refractivity contribution is -0.123. The number of hydrogen-bond donors (Lipinski definition) is 2. The molecule has 2 aromatic rings. The van der Waals surface area contributed by atoms with Crippen molar-refractivity contribution in [2.24, 2.45) is 0 Å². The van der Waals surface area contributed by atoms with Gasteiger partial charge in [-0.3, -0.25) is 9.69 Å². The fraction of sp³-hybridized carbons (Fsp3) is 0.435. The van der Waals surface area contributed by atoms with Crippen LogP contribution in [0.25, 0.3) is 0 Å². The number of nitrogens with zero attached hydrogens (tertiary/aromatic N) is 1. The summed E-state index contributed by atoms with van der Waals surface area (Å²) in [5.41, 5.74) is 2.42. The highest BCUT2D eigenvalue weighted by atomic mass is 32.2. The van der Waals surface area contributed by atoms with Crippen molar-refractivity contribution in [2.75, 3.05) is 20.2 Å². The molecule has 8 heteroatoms. The van der Waals surface area contributed by atoms with Crippen LogP contribution in [0.2, 0.25) is 0 Å². The number of benzene rings is 2. The van der Waals surface area contributed by atoms with Gasteiger partial charge in [0.25, 0.3) is 0 Å². The Morgan fingerprint density at radius 2 is 1.77 bits per heavy atom. The number of rotatable bonds is 8. The summed E-state index contributed by atoms with van der Waals surface area (Å²) in [4.78, 5) is 15.0. The Kier molecular flexibility index (Phi) is 7.03. The summed E-state index contributed by atoms with van der Waals surface area (Å²) in [6.07, 6.45) is 0.978. The standard InChI is InChI=1S/C23H31N3O4S/c1-17(25-31(28,29)21-11-9-20(30-4)10-12-21)22(27)24-16-23(2,3)26-14-13-18-7-5-6-8-19(18)15-26/h5-12,17,25H,13-16H2,1-4H3,(H,24,27)/t17-/m0/s1. The normalized spacial score (nSPS) is 15.7.